The van der Waals surface area contributed by atoms with Crippen LogP contribution in [0.1, 0.15) is 25.7 Å². The van der Waals surface area contributed by atoms with Crippen LogP contribution >= 0.6 is 15.9 Å². The van der Waals surface area contributed by atoms with E-state index in [0.29, 0.717) is 6.54 Å². The van der Waals surface area contributed by atoms with Gasteiger partial charge in [-0.05, 0) is 42.4 Å². The molecule has 0 aliphatic heterocycles. The average Bonchev–Trinajstić information content (AvgIpc) is 2.26. The number of allylic oxidation sites excluding steroid dienone is 3. The summed E-state index contributed by atoms with van der Waals surface area (Å²) < 4.78 is 0. The van der Waals surface area contributed by atoms with Gasteiger partial charge in [-0.15, -0.1) is 0 Å². The minimum absolute atomic E-state index is 0.453. The van der Waals surface area contributed by atoms with E-state index in [1.54, 1.807) is 0 Å². The van der Waals surface area contributed by atoms with Crippen LogP contribution in [0.4, 0.5) is 0 Å². The lowest BCUT2D eigenvalue weighted by Gasteiger charge is -2.14. The van der Waals surface area contributed by atoms with Crippen molar-refractivity contribution >= 4 is 15.9 Å². The standard InChI is InChI=1S/C10H14BrN3/c11-8-10(6-7-13-14-12)9-4-2-1-3-5-9/h4,6H,1-3,5,7-8H2. The summed E-state index contributed by atoms with van der Waals surface area (Å²) in [7, 11) is 0. The Bertz CT molecular complexity index is 288. The molecule has 4 heteroatoms. The Balaban J connectivity index is 2.64. The molecular weight excluding hydrogens is 242 g/mol. The first-order valence-corrected chi connectivity index (χ1v) is 5.96. The number of alkyl halides is 1. The summed E-state index contributed by atoms with van der Waals surface area (Å²) in [5.41, 5.74) is 10.9. The summed E-state index contributed by atoms with van der Waals surface area (Å²) in [6, 6.07) is 0. The summed E-state index contributed by atoms with van der Waals surface area (Å²) >= 11 is 3.46. The third kappa shape index (κ3) is 3.56. The van der Waals surface area contributed by atoms with Gasteiger partial charge in [-0.3, -0.25) is 0 Å². The molecule has 0 unspecified atom stereocenters. The molecule has 0 amide bonds. The second-order valence-electron chi connectivity index (χ2n) is 3.25. The Kier molecular flexibility index (Phi) is 5.42. The van der Waals surface area contributed by atoms with Crippen molar-refractivity contribution in [2.24, 2.45) is 5.11 Å². The van der Waals surface area contributed by atoms with Crippen molar-refractivity contribution in [3.8, 4) is 0 Å². The number of hydrogen-bond donors (Lipinski definition) is 0. The van der Waals surface area contributed by atoms with Crippen molar-refractivity contribution in [2.45, 2.75) is 25.7 Å². The molecule has 0 saturated carbocycles. The smallest absolute Gasteiger partial charge is 0.0446 e. The van der Waals surface area contributed by atoms with E-state index in [4.69, 9.17) is 5.53 Å². The summed E-state index contributed by atoms with van der Waals surface area (Å²) in [5, 5.41) is 4.36. The van der Waals surface area contributed by atoms with E-state index in [1.807, 2.05) is 6.08 Å². The maximum Gasteiger partial charge on any atom is 0.0446 e. The van der Waals surface area contributed by atoms with Crippen molar-refractivity contribution in [3.63, 3.8) is 0 Å². The highest BCUT2D eigenvalue weighted by atomic mass is 79.9. The van der Waals surface area contributed by atoms with Crippen molar-refractivity contribution < 1.29 is 0 Å². The maximum absolute atomic E-state index is 8.16. The van der Waals surface area contributed by atoms with Crippen LogP contribution in [0.3, 0.4) is 0 Å². The molecule has 0 aromatic heterocycles. The van der Waals surface area contributed by atoms with E-state index in [9.17, 15) is 0 Å². The molecule has 1 rings (SSSR count). The molecule has 0 N–H and O–H groups in total. The number of nitrogens with zero attached hydrogens (tertiary/aromatic N) is 3. The van der Waals surface area contributed by atoms with Gasteiger partial charge in [0.25, 0.3) is 0 Å². The number of rotatable bonds is 4. The molecule has 0 aromatic carbocycles. The van der Waals surface area contributed by atoms with Crippen LogP contribution in [-0.4, -0.2) is 11.9 Å². The second-order valence-corrected chi connectivity index (χ2v) is 3.81. The van der Waals surface area contributed by atoms with Crippen molar-refractivity contribution in [2.75, 3.05) is 11.9 Å². The average molecular weight is 256 g/mol. The van der Waals surface area contributed by atoms with E-state index in [1.165, 1.54) is 30.4 Å². The predicted octanol–water partition coefficient (Wildman–Crippen LogP) is 4.12. The maximum atomic E-state index is 8.16. The largest absolute Gasteiger partial charge is 0.0899 e. The lowest BCUT2D eigenvalue weighted by Crippen LogP contribution is -1.97. The van der Waals surface area contributed by atoms with E-state index in [0.717, 1.165) is 11.8 Å². The van der Waals surface area contributed by atoms with Gasteiger partial charge in [0.1, 0.15) is 0 Å². The van der Waals surface area contributed by atoms with Crippen LogP contribution in [0.15, 0.2) is 28.4 Å². The van der Waals surface area contributed by atoms with Gasteiger partial charge in [0, 0.05) is 16.8 Å². The van der Waals surface area contributed by atoms with E-state index < -0.39 is 0 Å². The molecule has 0 aromatic rings. The van der Waals surface area contributed by atoms with Gasteiger partial charge < -0.3 is 0 Å². The lowest BCUT2D eigenvalue weighted by molar-refractivity contribution is 0.706. The molecular formula is C10H14BrN3. The Morgan fingerprint density at radius 3 is 3.07 bits per heavy atom. The fourth-order valence-corrected chi connectivity index (χ4v) is 2.18. The molecule has 0 spiro atoms. The third-order valence-corrected chi connectivity index (χ3v) is 2.93. The quantitative estimate of drug-likeness (QED) is 0.314. The van der Waals surface area contributed by atoms with Crippen LogP contribution in [-0.2, 0) is 0 Å². The zero-order valence-corrected chi connectivity index (χ0v) is 9.70. The highest BCUT2D eigenvalue weighted by molar-refractivity contribution is 9.09. The number of hydrogen-bond acceptors (Lipinski definition) is 1. The van der Waals surface area contributed by atoms with Crippen LogP contribution in [0.25, 0.3) is 10.4 Å². The molecule has 0 heterocycles. The summed E-state index contributed by atoms with van der Waals surface area (Å²) in [4.78, 5) is 2.73. The van der Waals surface area contributed by atoms with E-state index in [-0.39, 0.29) is 0 Å². The fourth-order valence-electron chi connectivity index (χ4n) is 1.59. The van der Waals surface area contributed by atoms with Gasteiger partial charge in [0.2, 0.25) is 0 Å². The molecule has 0 atom stereocenters. The fraction of sp³-hybridized carbons (Fsp3) is 0.600. The van der Waals surface area contributed by atoms with Gasteiger partial charge in [-0.2, -0.15) is 0 Å². The zero-order valence-electron chi connectivity index (χ0n) is 8.12. The highest BCUT2D eigenvalue weighted by Gasteiger charge is 2.06. The Labute approximate surface area is 92.6 Å². The van der Waals surface area contributed by atoms with E-state index >= 15 is 0 Å². The van der Waals surface area contributed by atoms with E-state index in [2.05, 4.69) is 32.0 Å². The second kappa shape index (κ2) is 6.68. The van der Waals surface area contributed by atoms with Crippen molar-refractivity contribution in [3.05, 3.63) is 33.7 Å². The topological polar surface area (TPSA) is 48.8 Å². The first-order valence-electron chi connectivity index (χ1n) is 4.83. The normalized spacial score (nSPS) is 17.2. The molecule has 3 nitrogen and oxygen atoms in total. The minimum Gasteiger partial charge on any atom is -0.0899 e. The monoisotopic (exact) mass is 255 g/mol. The van der Waals surface area contributed by atoms with Crippen molar-refractivity contribution in [1.29, 1.82) is 0 Å². The Hall–Kier alpha value is -0.730. The molecule has 0 bridgehead atoms. The van der Waals surface area contributed by atoms with Crippen LogP contribution < -0.4 is 0 Å². The Morgan fingerprint density at radius 2 is 2.50 bits per heavy atom. The molecule has 76 valence electrons. The van der Waals surface area contributed by atoms with Gasteiger partial charge in [0.05, 0.1) is 0 Å². The molecule has 14 heavy (non-hydrogen) atoms. The van der Waals surface area contributed by atoms with Crippen LogP contribution in [0.2, 0.25) is 0 Å². The zero-order chi connectivity index (χ0) is 10.2. The molecule has 1 aliphatic carbocycles. The van der Waals surface area contributed by atoms with Crippen molar-refractivity contribution in [1.82, 2.24) is 0 Å². The van der Waals surface area contributed by atoms with Crippen LogP contribution in [0.5, 0.6) is 0 Å². The Morgan fingerprint density at radius 1 is 1.64 bits per heavy atom. The van der Waals surface area contributed by atoms with Gasteiger partial charge in [0.15, 0.2) is 0 Å². The summed E-state index contributed by atoms with van der Waals surface area (Å²) in [5.74, 6) is 0. The van der Waals surface area contributed by atoms with Gasteiger partial charge >= 0.3 is 0 Å². The predicted molar refractivity (Wildman–Crippen MR) is 62.4 cm³/mol. The van der Waals surface area contributed by atoms with Crippen LogP contribution in [0, 0.1) is 0 Å². The highest BCUT2D eigenvalue weighted by Crippen LogP contribution is 2.24. The minimum atomic E-state index is 0.453. The number of azide groups is 1. The molecule has 1 aliphatic rings. The first-order chi connectivity index (χ1) is 6.88. The molecule has 0 fully saturated rings. The summed E-state index contributed by atoms with van der Waals surface area (Å²) in [6.07, 6.45) is 9.22. The van der Waals surface area contributed by atoms with Gasteiger partial charge in [-0.1, -0.05) is 33.2 Å². The SMILES string of the molecule is [N-]=[N+]=NCC=C(CBr)C1=CCCCC1. The third-order valence-electron chi connectivity index (χ3n) is 2.33. The lowest BCUT2D eigenvalue weighted by atomic mass is 9.94. The molecule has 0 radical (unpaired) electrons. The molecule has 0 saturated heterocycles. The first kappa shape index (κ1) is 11.3. The number of halogens is 1. The van der Waals surface area contributed by atoms with Gasteiger partial charge in [-0.25, -0.2) is 0 Å². The summed E-state index contributed by atoms with van der Waals surface area (Å²) in [6.45, 7) is 0.453.